The van der Waals surface area contributed by atoms with Crippen LogP contribution in [0.2, 0.25) is 0 Å². The zero-order valence-corrected chi connectivity index (χ0v) is 12.7. The van der Waals surface area contributed by atoms with Gasteiger partial charge in [0, 0.05) is 18.8 Å². The van der Waals surface area contributed by atoms with E-state index in [1.54, 1.807) is 12.1 Å². The maximum Gasteiger partial charge on any atom is 0.264 e. The summed E-state index contributed by atoms with van der Waals surface area (Å²) in [6.07, 6.45) is 0.871. The van der Waals surface area contributed by atoms with E-state index in [1.165, 1.54) is 4.31 Å². The van der Waals surface area contributed by atoms with Crippen molar-refractivity contribution < 1.29 is 8.42 Å². The summed E-state index contributed by atoms with van der Waals surface area (Å²) in [5.74, 6) is 0. The SMILES string of the molecule is CCN(c1ccccc1)S(=O)(=O)c1ccc2c(c1)CCN2. The van der Waals surface area contributed by atoms with Gasteiger partial charge in [-0.3, -0.25) is 4.31 Å². The smallest absolute Gasteiger partial charge is 0.264 e. The molecule has 1 aliphatic rings. The molecular formula is C16H18N2O2S. The maximum atomic E-state index is 12.9. The van der Waals surface area contributed by atoms with Gasteiger partial charge >= 0.3 is 0 Å². The van der Waals surface area contributed by atoms with Crippen molar-refractivity contribution in [3.63, 3.8) is 0 Å². The first-order chi connectivity index (χ1) is 10.1. The Morgan fingerprint density at radius 3 is 2.62 bits per heavy atom. The third-order valence-electron chi connectivity index (χ3n) is 3.71. The Morgan fingerprint density at radius 2 is 1.90 bits per heavy atom. The number of benzene rings is 2. The number of sulfonamides is 1. The van der Waals surface area contributed by atoms with Crippen LogP contribution in [0, 0.1) is 0 Å². The van der Waals surface area contributed by atoms with E-state index in [2.05, 4.69) is 5.32 Å². The van der Waals surface area contributed by atoms with Crippen molar-refractivity contribution in [2.24, 2.45) is 0 Å². The molecule has 5 heteroatoms. The lowest BCUT2D eigenvalue weighted by Gasteiger charge is -2.23. The Hall–Kier alpha value is -2.01. The van der Waals surface area contributed by atoms with Crippen LogP contribution in [-0.4, -0.2) is 21.5 Å². The highest BCUT2D eigenvalue weighted by atomic mass is 32.2. The fraction of sp³-hybridized carbons (Fsp3) is 0.250. The third kappa shape index (κ3) is 2.49. The Labute approximate surface area is 125 Å². The normalized spacial score (nSPS) is 13.6. The van der Waals surface area contributed by atoms with Crippen LogP contribution < -0.4 is 9.62 Å². The molecule has 2 aromatic rings. The Kier molecular flexibility index (Phi) is 3.59. The highest BCUT2D eigenvalue weighted by molar-refractivity contribution is 7.92. The minimum absolute atomic E-state index is 0.357. The average Bonchev–Trinajstić information content (AvgIpc) is 2.96. The van der Waals surface area contributed by atoms with Crippen LogP contribution in [0.3, 0.4) is 0 Å². The number of anilines is 2. The van der Waals surface area contributed by atoms with Gasteiger partial charge in [-0.2, -0.15) is 0 Å². The molecule has 4 nitrogen and oxygen atoms in total. The van der Waals surface area contributed by atoms with Crippen molar-refractivity contribution in [2.45, 2.75) is 18.2 Å². The molecule has 3 rings (SSSR count). The Bertz CT molecular complexity index is 742. The second-order valence-electron chi connectivity index (χ2n) is 5.00. The zero-order valence-electron chi connectivity index (χ0n) is 11.9. The van der Waals surface area contributed by atoms with Gasteiger partial charge in [-0.15, -0.1) is 0 Å². The molecule has 0 atom stereocenters. The van der Waals surface area contributed by atoms with Gasteiger partial charge in [-0.05, 0) is 49.2 Å². The fourth-order valence-electron chi connectivity index (χ4n) is 2.65. The maximum absolute atomic E-state index is 12.9. The molecule has 0 fully saturated rings. The second kappa shape index (κ2) is 5.41. The second-order valence-corrected chi connectivity index (χ2v) is 6.86. The molecule has 0 bridgehead atoms. The summed E-state index contributed by atoms with van der Waals surface area (Å²) in [6.45, 7) is 3.12. The first kappa shape index (κ1) is 13.9. The lowest BCUT2D eigenvalue weighted by atomic mass is 10.2. The Balaban J connectivity index is 2.03. The van der Waals surface area contributed by atoms with Crippen molar-refractivity contribution in [3.05, 3.63) is 54.1 Å². The summed E-state index contributed by atoms with van der Waals surface area (Å²) in [5, 5.41) is 3.25. The molecule has 0 radical (unpaired) electrons. The topological polar surface area (TPSA) is 49.4 Å². The number of hydrogen-bond acceptors (Lipinski definition) is 3. The lowest BCUT2D eigenvalue weighted by molar-refractivity contribution is 0.592. The first-order valence-corrected chi connectivity index (χ1v) is 8.51. The van der Waals surface area contributed by atoms with Gasteiger partial charge in [0.05, 0.1) is 10.6 Å². The van der Waals surface area contributed by atoms with E-state index < -0.39 is 10.0 Å². The molecule has 0 amide bonds. The number of para-hydroxylation sites is 1. The summed E-state index contributed by atoms with van der Waals surface area (Å²) >= 11 is 0. The minimum Gasteiger partial charge on any atom is -0.384 e. The number of hydrogen-bond donors (Lipinski definition) is 1. The van der Waals surface area contributed by atoms with E-state index in [1.807, 2.05) is 43.3 Å². The number of rotatable bonds is 4. The molecule has 0 unspecified atom stereocenters. The Morgan fingerprint density at radius 1 is 1.14 bits per heavy atom. The molecule has 0 aromatic heterocycles. The van der Waals surface area contributed by atoms with Crippen LogP contribution in [0.5, 0.6) is 0 Å². The van der Waals surface area contributed by atoms with E-state index in [4.69, 9.17) is 0 Å². The molecule has 0 spiro atoms. The van der Waals surface area contributed by atoms with Crippen molar-refractivity contribution in [1.82, 2.24) is 0 Å². The van der Waals surface area contributed by atoms with Gasteiger partial charge in [0.25, 0.3) is 10.0 Å². The average molecular weight is 302 g/mol. The summed E-state index contributed by atoms with van der Waals surface area (Å²) < 4.78 is 27.2. The molecule has 0 saturated carbocycles. The summed E-state index contributed by atoms with van der Waals surface area (Å²) in [5.41, 5.74) is 2.80. The molecule has 0 saturated heterocycles. The zero-order chi connectivity index (χ0) is 14.9. The van der Waals surface area contributed by atoms with Gasteiger partial charge in [0.2, 0.25) is 0 Å². The minimum atomic E-state index is -3.52. The van der Waals surface area contributed by atoms with Crippen LogP contribution in [0.1, 0.15) is 12.5 Å². The van der Waals surface area contributed by atoms with Crippen molar-refractivity contribution >= 4 is 21.4 Å². The third-order valence-corrected chi connectivity index (χ3v) is 5.60. The number of fused-ring (bicyclic) bond motifs is 1. The van der Waals surface area contributed by atoms with Crippen molar-refractivity contribution in [1.29, 1.82) is 0 Å². The fourth-order valence-corrected chi connectivity index (χ4v) is 4.18. The molecule has 110 valence electrons. The molecule has 21 heavy (non-hydrogen) atoms. The standard InChI is InChI=1S/C16H18N2O2S/c1-2-18(14-6-4-3-5-7-14)21(19,20)15-8-9-16-13(12-15)10-11-17-16/h3-9,12,17H,2,10-11H2,1H3. The monoisotopic (exact) mass is 302 g/mol. The summed E-state index contributed by atoms with van der Waals surface area (Å²) in [7, 11) is -3.52. The molecule has 1 heterocycles. The van der Waals surface area contributed by atoms with E-state index in [0.717, 1.165) is 24.2 Å². The lowest BCUT2D eigenvalue weighted by Crippen LogP contribution is -2.30. The van der Waals surface area contributed by atoms with Gasteiger partial charge in [0.15, 0.2) is 0 Å². The molecule has 0 aliphatic carbocycles. The highest BCUT2D eigenvalue weighted by Gasteiger charge is 2.25. The van der Waals surface area contributed by atoms with Gasteiger partial charge < -0.3 is 5.32 Å². The van der Waals surface area contributed by atoms with E-state index >= 15 is 0 Å². The van der Waals surface area contributed by atoms with Crippen LogP contribution in [0.4, 0.5) is 11.4 Å². The van der Waals surface area contributed by atoms with E-state index in [0.29, 0.717) is 17.1 Å². The van der Waals surface area contributed by atoms with E-state index in [-0.39, 0.29) is 0 Å². The molecule has 2 aromatic carbocycles. The molecular weight excluding hydrogens is 284 g/mol. The van der Waals surface area contributed by atoms with Crippen LogP contribution >= 0.6 is 0 Å². The number of nitrogens with one attached hydrogen (secondary N) is 1. The largest absolute Gasteiger partial charge is 0.384 e. The van der Waals surface area contributed by atoms with Gasteiger partial charge in [-0.1, -0.05) is 18.2 Å². The van der Waals surface area contributed by atoms with E-state index in [9.17, 15) is 8.42 Å². The van der Waals surface area contributed by atoms with Crippen molar-refractivity contribution in [3.8, 4) is 0 Å². The summed E-state index contributed by atoms with van der Waals surface area (Å²) in [6, 6.07) is 14.5. The van der Waals surface area contributed by atoms with Crippen molar-refractivity contribution in [2.75, 3.05) is 22.7 Å². The van der Waals surface area contributed by atoms with Crippen LogP contribution in [-0.2, 0) is 16.4 Å². The van der Waals surface area contributed by atoms with Gasteiger partial charge in [0.1, 0.15) is 0 Å². The van der Waals surface area contributed by atoms with Crippen LogP contribution in [0.15, 0.2) is 53.4 Å². The summed E-state index contributed by atoms with van der Waals surface area (Å²) in [4.78, 5) is 0.357. The molecule has 1 N–H and O–H groups in total. The predicted molar refractivity (Wildman–Crippen MR) is 85.3 cm³/mol. The predicted octanol–water partition coefficient (Wildman–Crippen LogP) is 2.87. The quantitative estimate of drug-likeness (QED) is 0.945. The first-order valence-electron chi connectivity index (χ1n) is 7.07. The van der Waals surface area contributed by atoms with Crippen LogP contribution in [0.25, 0.3) is 0 Å². The molecule has 1 aliphatic heterocycles. The highest BCUT2D eigenvalue weighted by Crippen LogP contribution is 2.28. The van der Waals surface area contributed by atoms with Gasteiger partial charge in [-0.25, -0.2) is 8.42 Å². The number of nitrogens with zero attached hydrogens (tertiary/aromatic N) is 1.